The molecule has 3 rings (SSSR count). The van der Waals surface area contributed by atoms with Crippen LogP contribution < -0.4 is 5.48 Å². The van der Waals surface area contributed by atoms with Crippen molar-refractivity contribution in [3.8, 4) is 11.1 Å². The smallest absolute Gasteiger partial charge is 0.269 e. The maximum absolute atomic E-state index is 12.0. The second kappa shape index (κ2) is 7.51. The number of hydrogen-bond donors (Lipinski definition) is 1. The Bertz CT molecular complexity index is 719. The van der Waals surface area contributed by atoms with Gasteiger partial charge in [0, 0.05) is 11.8 Å². The van der Waals surface area contributed by atoms with Crippen LogP contribution in [0.4, 0.5) is 0 Å². The highest BCUT2D eigenvalue weighted by molar-refractivity contribution is 5.91. The molecule has 1 amide bonds. The third-order valence-corrected chi connectivity index (χ3v) is 3.58. The summed E-state index contributed by atoms with van der Waals surface area (Å²) in [5.74, 6) is -0.343. The molecule has 1 aliphatic carbocycles. The quantitative estimate of drug-likeness (QED) is 0.857. The number of benzene rings is 1. The van der Waals surface area contributed by atoms with Crippen LogP contribution >= 0.6 is 0 Å². The van der Waals surface area contributed by atoms with E-state index in [1.165, 1.54) is 0 Å². The fourth-order valence-electron chi connectivity index (χ4n) is 2.34. The normalized spacial score (nSPS) is 13.5. The fraction of sp³-hybridized carbons (Fsp3) is 0.158. The molecule has 0 atom stereocenters. The lowest BCUT2D eigenvalue weighted by molar-refractivity contribution is 0.0400. The van der Waals surface area contributed by atoms with E-state index in [4.69, 9.17) is 4.84 Å². The van der Waals surface area contributed by atoms with Crippen LogP contribution in [-0.4, -0.2) is 17.5 Å². The summed E-state index contributed by atoms with van der Waals surface area (Å²) in [4.78, 5) is 21.4. The van der Waals surface area contributed by atoms with Gasteiger partial charge in [-0.05, 0) is 30.0 Å². The van der Waals surface area contributed by atoms with Crippen LogP contribution in [0.1, 0.15) is 23.3 Å². The number of aromatic nitrogens is 1. The molecule has 1 heterocycles. The third-order valence-electron chi connectivity index (χ3n) is 3.58. The Hall–Kier alpha value is -2.72. The Morgan fingerprint density at radius 3 is 2.65 bits per heavy atom. The van der Waals surface area contributed by atoms with Gasteiger partial charge in [0.2, 0.25) is 0 Å². The summed E-state index contributed by atoms with van der Waals surface area (Å²) in [5.41, 5.74) is 5.88. The van der Waals surface area contributed by atoms with Crippen LogP contribution in [0.2, 0.25) is 0 Å². The van der Waals surface area contributed by atoms with Gasteiger partial charge in [-0.25, -0.2) is 5.48 Å². The molecule has 1 aromatic carbocycles. The first kappa shape index (κ1) is 15.2. The monoisotopic (exact) mass is 306 g/mol. The number of carbonyl (C=O) groups is 1. The molecule has 4 nitrogen and oxygen atoms in total. The Labute approximate surface area is 135 Å². The number of nitrogens with zero attached hydrogens (tertiary/aromatic N) is 1. The van der Waals surface area contributed by atoms with Crippen molar-refractivity contribution < 1.29 is 9.63 Å². The van der Waals surface area contributed by atoms with E-state index in [2.05, 4.69) is 22.6 Å². The predicted octanol–water partition coefficient (Wildman–Crippen LogP) is 3.69. The van der Waals surface area contributed by atoms with Crippen molar-refractivity contribution in [3.05, 3.63) is 78.2 Å². The number of rotatable bonds is 5. The van der Waals surface area contributed by atoms with E-state index in [1.807, 2.05) is 42.5 Å². The van der Waals surface area contributed by atoms with E-state index >= 15 is 0 Å². The summed E-state index contributed by atoms with van der Waals surface area (Å²) in [6, 6.07) is 13.5. The van der Waals surface area contributed by atoms with Crippen molar-refractivity contribution in [2.75, 3.05) is 6.61 Å². The van der Waals surface area contributed by atoms with Gasteiger partial charge in [0.25, 0.3) is 5.91 Å². The van der Waals surface area contributed by atoms with Crippen LogP contribution in [0.3, 0.4) is 0 Å². The van der Waals surface area contributed by atoms with E-state index in [9.17, 15) is 4.79 Å². The highest BCUT2D eigenvalue weighted by Crippen LogP contribution is 2.17. The molecule has 2 aromatic rings. The van der Waals surface area contributed by atoms with Gasteiger partial charge in [0.05, 0.1) is 6.61 Å². The first-order chi connectivity index (χ1) is 11.3. The molecule has 23 heavy (non-hydrogen) atoms. The number of amides is 1. The number of hydroxylamine groups is 1. The first-order valence-corrected chi connectivity index (χ1v) is 7.62. The zero-order chi connectivity index (χ0) is 15.9. The summed E-state index contributed by atoms with van der Waals surface area (Å²) in [6.07, 6.45) is 10.0. The second-order valence-corrected chi connectivity index (χ2v) is 5.28. The van der Waals surface area contributed by atoms with Crippen LogP contribution in [0, 0.1) is 0 Å². The van der Waals surface area contributed by atoms with Gasteiger partial charge in [-0.1, -0.05) is 54.6 Å². The molecule has 0 unspecified atom stereocenters. The van der Waals surface area contributed by atoms with Gasteiger partial charge >= 0.3 is 0 Å². The van der Waals surface area contributed by atoms with Crippen LogP contribution in [0.5, 0.6) is 0 Å². The van der Waals surface area contributed by atoms with Crippen molar-refractivity contribution >= 4 is 5.91 Å². The Morgan fingerprint density at radius 2 is 1.96 bits per heavy atom. The zero-order valence-electron chi connectivity index (χ0n) is 12.7. The third kappa shape index (κ3) is 4.14. The lowest BCUT2D eigenvalue weighted by Gasteiger charge is -2.09. The first-order valence-electron chi connectivity index (χ1n) is 7.62. The van der Waals surface area contributed by atoms with Crippen LogP contribution in [-0.2, 0) is 4.84 Å². The molecule has 0 saturated heterocycles. The summed E-state index contributed by atoms with van der Waals surface area (Å²) in [6.45, 7) is 0.365. The zero-order valence-corrected chi connectivity index (χ0v) is 12.7. The molecular weight excluding hydrogens is 288 g/mol. The lowest BCUT2D eigenvalue weighted by Crippen LogP contribution is -2.25. The van der Waals surface area contributed by atoms with E-state index in [0.717, 1.165) is 29.5 Å². The SMILES string of the molecule is O=C(NOCC1=CCCC=C1)c1ccc(-c2ccccc2)cn1. The van der Waals surface area contributed by atoms with E-state index in [0.29, 0.717) is 12.3 Å². The Balaban J connectivity index is 1.55. The number of pyridine rings is 1. The maximum atomic E-state index is 12.0. The summed E-state index contributed by atoms with van der Waals surface area (Å²) in [7, 11) is 0. The number of hydrogen-bond acceptors (Lipinski definition) is 3. The maximum Gasteiger partial charge on any atom is 0.293 e. The average molecular weight is 306 g/mol. The fourth-order valence-corrected chi connectivity index (χ4v) is 2.34. The molecule has 1 aromatic heterocycles. The molecule has 0 radical (unpaired) electrons. The van der Waals surface area contributed by atoms with Crippen LogP contribution in [0.25, 0.3) is 11.1 Å². The minimum Gasteiger partial charge on any atom is -0.269 e. The van der Waals surface area contributed by atoms with Crippen molar-refractivity contribution in [1.29, 1.82) is 0 Å². The molecule has 4 heteroatoms. The highest BCUT2D eigenvalue weighted by Gasteiger charge is 2.08. The molecule has 1 aliphatic rings. The van der Waals surface area contributed by atoms with Gasteiger partial charge in [-0.3, -0.25) is 14.6 Å². The van der Waals surface area contributed by atoms with Gasteiger partial charge in [0.1, 0.15) is 5.69 Å². The minimum atomic E-state index is -0.343. The largest absolute Gasteiger partial charge is 0.293 e. The van der Waals surface area contributed by atoms with Crippen molar-refractivity contribution in [2.24, 2.45) is 0 Å². The summed E-state index contributed by atoms with van der Waals surface area (Å²) in [5, 5.41) is 0. The topological polar surface area (TPSA) is 51.2 Å². The van der Waals surface area contributed by atoms with Crippen molar-refractivity contribution in [1.82, 2.24) is 10.5 Å². The van der Waals surface area contributed by atoms with Crippen LogP contribution in [0.15, 0.2) is 72.5 Å². The average Bonchev–Trinajstić information content (AvgIpc) is 2.63. The van der Waals surface area contributed by atoms with E-state index in [1.54, 1.807) is 12.3 Å². The Morgan fingerprint density at radius 1 is 1.09 bits per heavy atom. The Kier molecular flexibility index (Phi) is 4.96. The molecule has 116 valence electrons. The highest BCUT2D eigenvalue weighted by atomic mass is 16.6. The van der Waals surface area contributed by atoms with Crippen molar-refractivity contribution in [2.45, 2.75) is 12.8 Å². The summed E-state index contributed by atoms with van der Waals surface area (Å²) >= 11 is 0. The van der Waals surface area contributed by atoms with E-state index in [-0.39, 0.29) is 5.91 Å². The molecule has 0 saturated carbocycles. The molecule has 1 N–H and O–H groups in total. The number of allylic oxidation sites excluding steroid dienone is 2. The molecular formula is C19H18N2O2. The van der Waals surface area contributed by atoms with Gasteiger partial charge in [-0.15, -0.1) is 0 Å². The molecule has 0 spiro atoms. The lowest BCUT2D eigenvalue weighted by atomic mass is 10.1. The molecule has 0 aliphatic heterocycles. The number of carbonyl (C=O) groups excluding carboxylic acids is 1. The predicted molar refractivity (Wildman–Crippen MR) is 89.5 cm³/mol. The van der Waals surface area contributed by atoms with E-state index < -0.39 is 0 Å². The van der Waals surface area contributed by atoms with Gasteiger partial charge in [-0.2, -0.15) is 0 Å². The minimum absolute atomic E-state index is 0.331. The second-order valence-electron chi connectivity index (χ2n) is 5.28. The molecule has 0 fully saturated rings. The van der Waals surface area contributed by atoms with Crippen molar-refractivity contribution in [3.63, 3.8) is 0 Å². The van der Waals surface area contributed by atoms with Gasteiger partial charge in [0.15, 0.2) is 0 Å². The van der Waals surface area contributed by atoms with Gasteiger partial charge < -0.3 is 0 Å². The number of nitrogens with one attached hydrogen (secondary N) is 1. The standard InChI is InChI=1S/C19H18N2O2/c22-19(21-23-14-15-7-3-1-4-8-15)18-12-11-17(13-20-18)16-9-5-2-6-10-16/h2-3,5-13H,1,4,14H2,(H,21,22). The molecule has 0 bridgehead atoms. The summed E-state index contributed by atoms with van der Waals surface area (Å²) < 4.78 is 0.